The lowest BCUT2D eigenvalue weighted by molar-refractivity contribution is 0.150. The number of rotatable bonds is 8. The molecular formula is C15H21FO2. The number of halogens is 1. The first-order chi connectivity index (χ1) is 8.76. The molecule has 0 aliphatic carbocycles. The number of ether oxygens (including phenoxy) is 1. The second kappa shape index (κ2) is 8.70. The summed E-state index contributed by atoms with van der Waals surface area (Å²) >= 11 is 0. The summed E-state index contributed by atoms with van der Waals surface area (Å²) in [7, 11) is 0. The molecule has 18 heavy (non-hydrogen) atoms. The third kappa shape index (κ3) is 5.82. The predicted octanol–water partition coefficient (Wildman–Crippen LogP) is 3.96. The fraction of sp³-hybridized carbons (Fsp3) is 0.467. The molecule has 2 nitrogen and oxygen atoms in total. The molecular weight excluding hydrogens is 231 g/mol. The average molecular weight is 252 g/mol. The smallest absolute Gasteiger partial charge is 0.115 e. The van der Waals surface area contributed by atoms with E-state index in [9.17, 15) is 4.39 Å². The van der Waals surface area contributed by atoms with Crippen molar-refractivity contribution in [2.45, 2.75) is 32.9 Å². The van der Waals surface area contributed by atoms with Gasteiger partial charge in [-0.15, -0.1) is 0 Å². The first kappa shape index (κ1) is 14.7. The van der Waals surface area contributed by atoms with Gasteiger partial charge in [0, 0.05) is 6.61 Å². The molecule has 0 saturated heterocycles. The predicted molar refractivity (Wildman–Crippen MR) is 71.4 cm³/mol. The van der Waals surface area contributed by atoms with Gasteiger partial charge in [0.15, 0.2) is 0 Å². The SMILES string of the molecule is CC(=CO)COCCCCc1ccc(CF)cc1. The van der Waals surface area contributed by atoms with E-state index in [0.717, 1.165) is 36.7 Å². The van der Waals surface area contributed by atoms with Crippen LogP contribution in [0.2, 0.25) is 0 Å². The number of aryl methyl sites for hydroxylation is 1. The van der Waals surface area contributed by atoms with Gasteiger partial charge >= 0.3 is 0 Å². The third-order valence-electron chi connectivity index (χ3n) is 2.73. The zero-order valence-corrected chi connectivity index (χ0v) is 10.9. The molecule has 1 N–H and O–H groups in total. The highest BCUT2D eigenvalue weighted by Gasteiger charge is 1.96. The highest BCUT2D eigenvalue weighted by Crippen LogP contribution is 2.09. The van der Waals surface area contributed by atoms with Crippen LogP contribution in [0.5, 0.6) is 0 Å². The van der Waals surface area contributed by atoms with Crippen molar-refractivity contribution in [1.82, 2.24) is 0 Å². The van der Waals surface area contributed by atoms with E-state index < -0.39 is 6.67 Å². The highest BCUT2D eigenvalue weighted by molar-refractivity contribution is 5.21. The summed E-state index contributed by atoms with van der Waals surface area (Å²) in [5.74, 6) is 0. The van der Waals surface area contributed by atoms with Crippen LogP contribution < -0.4 is 0 Å². The lowest BCUT2D eigenvalue weighted by atomic mass is 10.1. The number of hydrogen-bond acceptors (Lipinski definition) is 2. The average Bonchev–Trinajstić information content (AvgIpc) is 2.43. The van der Waals surface area contributed by atoms with Crippen LogP contribution in [0.25, 0.3) is 0 Å². The van der Waals surface area contributed by atoms with Crippen LogP contribution in [0.4, 0.5) is 4.39 Å². The molecule has 1 rings (SSSR count). The number of aliphatic hydroxyl groups is 1. The van der Waals surface area contributed by atoms with Crippen LogP contribution in [0, 0.1) is 0 Å². The van der Waals surface area contributed by atoms with Gasteiger partial charge in [0.05, 0.1) is 12.9 Å². The van der Waals surface area contributed by atoms with Gasteiger partial charge in [-0.1, -0.05) is 24.3 Å². The van der Waals surface area contributed by atoms with Crippen molar-refractivity contribution in [3.63, 3.8) is 0 Å². The van der Waals surface area contributed by atoms with Gasteiger partial charge in [0.2, 0.25) is 0 Å². The summed E-state index contributed by atoms with van der Waals surface area (Å²) in [5.41, 5.74) is 2.80. The van der Waals surface area contributed by atoms with E-state index in [2.05, 4.69) is 0 Å². The summed E-state index contributed by atoms with van der Waals surface area (Å²) in [6.45, 7) is 2.62. The molecule has 0 radical (unpaired) electrons. The van der Waals surface area contributed by atoms with E-state index in [1.807, 2.05) is 31.2 Å². The van der Waals surface area contributed by atoms with Crippen molar-refractivity contribution in [2.75, 3.05) is 13.2 Å². The molecule has 0 aromatic heterocycles. The molecule has 0 spiro atoms. The number of alkyl halides is 1. The van der Waals surface area contributed by atoms with Crippen LogP contribution in [-0.2, 0) is 17.8 Å². The Bertz CT molecular complexity index is 357. The maximum absolute atomic E-state index is 12.3. The second-order valence-electron chi connectivity index (χ2n) is 4.44. The maximum Gasteiger partial charge on any atom is 0.115 e. The molecule has 0 unspecified atom stereocenters. The van der Waals surface area contributed by atoms with Gasteiger partial charge in [-0.05, 0) is 42.9 Å². The molecule has 0 aliphatic rings. The quantitative estimate of drug-likeness (QED) is 0.560. The third-order valence-corrected chi connectivity index (χ3v) is 2.73. The van der Waals surface area contributed by atoms with Crippen LogP contribution >= 0.6 is 0 Å². The largest absolute Gasteiger partial charge is 0.516 e. The van der Waals surface area contributed by atoms with E-state index in [1.165, 1.54) is 5.56 Å². The molecule has 0 fully saturated rings. The van der Waals surface area contributed by atoms with Crippen LogP contribution in [-0.4, -0.2) is 18.3 Å². The van der Waals surface area contributed by atoms with E-state index >= 15 is 0 Å². The topological polar surface area (TPSA) is 29.5 Å². The molecule has 1 aromatic rings. The number of hydrogen-bond donors (Lipinski definition) is 1. The Morgan fingerprint density at radius 2 is 1.89 bits per heavy atom. The van der Waals surface area contributed by atoms with Crippen LogP contribution in [0.1, 0.15) is 30.9 Å². The summed E-state index contributed by atoms with van der Waals surface area (Å²) in [4.78, 5) is 0. The van der Waals surface area contributed by atoms with Crippen molar-refractivity contribution in [3.8, 4) is 0 Å². The van der Waals surface area contributed by atoms with Gasteiger partial charge in [0.1, 0.15) is 6.67 Å². The summed E-state index contributed by atoms with van der Waals surface area (Å²) in [5, 5.41) is 8.66. The molecule has 0 amide bonds. The lowest BCUT2D eigenvalue weighted by Gasteiger charge is -2.04. The zero-order valence-electron chi connectivity index (χ0n) is 10.9. The maximum atomic E-state index is 12.3. The van der Waals surface area contributed by atoms with Crippen molar-refractivity contribution >= 4 is 0 Å². The van der Waals surface area contributed by atoms with Gasteiger partial charge < -0.3 is 9.84 Å². The molecule has 0 bridgehead atoms. The standard InChI is InChI=1S/C15H21FO2/c1-13(11-17)12-18-9-3-2-4-14-5-7-15(10-16)8-6-14/h5-8,11,17H,2-4,9-10,12H2,1H3. The highest BCUT2D eigenvalue weighted by atomic mass is 19.1. The fourth-order valence-electron chi connectivity index (χ4n) is 1.60. The molecule has 0 heterocycles. The Hall–Kier alpha value is -1.35. The van der Waals surface area contributed by atoms with E-state index in [1.54, 1.807) is 0 Å². The molecule has 100 valence electrons. The van der Waals surface area contributed by atoms with Gasteiger partial charge in [-0.25, -0.2) is 4.39 Å². The minimum absolute atomic E-state index is 0.397. The second-order valence-corrected chi connectivity index (χ2v) is 4.44. The fourth-order valence-corrected chi connectivity index (χ4v) is 1.60. The lowest BCUT2D eigenvalue weighted by Crippen LogP contribution is -1.99. The molecule has 1 aromatic carbocycles. The zero-order chi connectivity index (χ0) is 13.2. The Kier molecular flexibility index (Phi) is 7.11. The first-order valence-corrected chi connectivity index (χ1v) is 6.27. The molecule has 3 heteroatoms. The number of unbranched alkanes of at least 4 members (excludes halogenated alkanes) is 1. The van der Waals surface area contributed by atoms with Crippen LogP contribution in [0.15, 0.2) is 36.1 Å². The molecule has 0 saturated carbocycles. The van der Waals surface area contributed by atoms with Gasteiger partial charge in [-0.2, -0.15) is 0 Å². The summed E-state index contributed by atoms with van der Waals surface area (Å²) in [6, 6.07) is 7.63. The summed E-state index contributed by atoms with van der Waals surface area (Å²) in [6.07, 6.45) is 4.11. The van der Waals surface area contributed by atoms with Crippen molar-refractivity contribution in [2.24, 2.45) is 0 Å². The normalized spacial score (nSPS) is 11.8. The molecule has 0 atom stereocenters. The number of aliphatic hydroxyl groups excluding tert-OH is 1. The van der Waals surface area contributed by atoms with E-state index in [0.29, 0.717) is 13.2 Å². The minimum atomic E-state index is -0.397. The van der Waals surface area contributed by atoms with Crippen molar-refractivity contribution in [1.29, 1.82) is 0 Å². The van der Waals surface area contributed by atoms with E-state index in [-0.39, 0.29) is 0 Å². The first-order valence-electron chi connectivity index (χ1n) is 6.27. The number of benzene rings is 1. The Morgan fingerprint density at radius 3 is 2.50 bits per heavy atom. The van der Waals surface area contributed by atoms with Gasteiger partial charge in [0.25, 0.3) is 0 Å². The Balaban J connectivity index is 2.10. The summed E-state index contributed by atoms with van der Waals surface area (Å²) < 4.78 is 17.7. The Labute approximate surface area is 108 Å². The van der Waals surface area contributed by atoms with Gasteiger partial charge in [-0.3, -0.25) is 0 Å². The van der Waals surface area contributed by atoms with Crippen molar-refractivity contribution in [3.05, 3.63) is 47.2 Å². The monoisotopic (exact) mass is 252 g/mol. The van der Waals surface area contributed by atoms with Crippen molar-refractivity contribution < 1.29 is 14.2 Å². The molecule has 0 aliphatic heterocycles. The minimum Gasteiger partial charge on any atom is -0.516 e. The Morgan fingerprint density at radius 1 is 1.22 bits per heavy atom. The van der Waals surface area contributed by atoms with Crippen LogP contribution in [0.3, 0.4) is 0 Å². The van der Waals surface area contributed by atoms with E-state index in [4.69, 9.17) is 9.84 Å².